The third-order valence-electron chi connectivity index (χ3n) is 2.80. The molecule has 2 rings (SSSR count). The molecule has 6 heteroatoms. The standard InChI is InChI=1S/C15H13ClN2O3/c1-21-15(20)9-2-5-11(6-3-9)18-14(19)12-7-4-10(17)8-13(12)16/h2-8H,17H2,1H3,(H,18,19). The molecule has 0 bridgehead atoms. The van der Waals surface area contributed by atoms with Gasteiger partial charge in [0.2, 0.25) is 0 Å². The molecule has 0 aliphatic heterocycles. The number of nitrogens with one attached hydrogen (secondary N) is 1. The van der Waals surface area contributed by atoms with Crippen LogP contribution in [0.2, 0.25) is 5.02 Å². The molecule has 0 aromatic heterocycles. The minimum absolute atomic E-state index is 0.277. The van der Waals surface area contributed by atoms with Crippen LogP contribution in [0.15, 0.2) is 42.5 Å². The maximum Gasteiger partial charge on any atom is 0.337 e. The van der Waals surface area contributed by atoms with E-state index >= 15 is 0 Å². The molecule has 0 radical (unpaired) electrons. The summed E-state index contributed by atoms with van der Waals surface area (Å²) in [6.45, 7) is 0. The van der Waals surface area contributed by atoms with Crippen molar-refractivity contribution < 1.29 is 14.3 Å². The number of carbonyl (C=O) groups is 2. The topological polar surface area (TPSA) is 81.4 Å². The Labute approximate surface area is 126 Å². The van der Waals surface area contributed by atoms with E-state index in [0.29, 0.717) is 22.5 Å². The Morgan fingerprint density at radius 1 is 1.14 bits per heavy atom. The second-order valence-corrected chi connectivity index (χ2v) is 4.67. The van der Waals surface area contributed by atoms with Crippen LogP contribution in [0, 0.1) is 0 Å². The molecular weight excluding hydrogens is 292 g/mol. The Morgan fingerprint density at radius 2 is 1.81 bits per heavy atom. The number of rotatable bonds is 3. The van der Waals surface area contributed by atoms with Gasteiger partial charge in [0.25, 0.3) is 5.91 Å². The zero-order valence-electron chi connectivity index (χ0n) is 11.2. The Bertz CT molecular complexity index is 684. The van der Waals surface area contributed by atoms with Crippen LogP contribution in [0.5, 0.6) is 0 Å². The lowest BCUT2D eigenvalue weighted by Gasteiger charge is -2.08. The summed E-state index contributed by atoms with van der Waals surface area (Å²) >= 11 is 5.97. The number of benzene rings is 2. The molecule has 0 saturated heterocycles. The van der Waals surface area contributed by atoms with E-state index in [9.17, 15) is 9.59 Å². The van der Waals surface area contributed by atoms with E-state index in [-0.39, 0.29) is 10.9 Å². The monoisotopic (exact) mass is 304 g/mol. The van der Waals surface area contributed by atoms with E-state index in [4.69, 9.17) is 17.3 Å². The van der Waals surface area contributed by atoms with Gasteiger partial charge in [-0.3, -0.25) is 4.79 Å². The molecule has 0 saturated carbocycles. The van der Waals surface area contributed by atoms with Gasteiger partial charge < -0.3 is 15.8 Å². The number of methoxy groups -OCH3 is 1. The largest absolute Gasteiger partial charge is 0.465 e. The van der Waals surface area contributed by atoms with E-state index in [2.05, 4.69) is 10.1 Å². The Kier molecular flexibility index (Phi) is 4.45. The van der Waals surface area contributed by atoms with Crippen molar-refractivity contribution in [1.82, 2.24) is 0 Å². The average molecular weight is 305 g/mol. The number of ether oxygens (including phenoxy) is 1. The van der Waals surface area contributed by atoms with Gasteiger partial charge in [-0.2, -0.15) is 0 Å². The molecule has 0 fully saturated rings. The number of anilines is 2. The highest BCUT2D eigenvalue weighted by Gasteiger charge is 2.11. The Balaban J connectivity index is 2.14. The molecule has 0 atom stereocenters. The molecule has 0 heterocycles. The molecular formula is C15H13ClN2O3. The first kappa shape index (κ1) is 14.9. The normalized spacial score (nSPS) is 10.0. The van der Waals surface area contributed by atoms with Crippen LogP contribution in [-0.2, 0) is 4.74 Å². The first-order chi connectivity index (χ1) is 10.0. The zero-order chi connectivity index (χ0) is 15.4. The van der Waals surface area contributed by atoms with Gasteiger partial charge in [0.1, 0.15) is 0 Å². The van der Waals surface area contributed by atoms with Crippen molar-refractivity contribution in [3.05, 3.63) is 58.6 Å². The van der Waals surface area contributed by atoms with Crippen molar-refractivity contribution in [1.29, 1.82) is 0 Å². The Hall–Kier alpha value is -2.53. The third-order valence-corrected chi connectivity index (χ3v) is 3.11. The fraction of sp³-hybridized carbons (Fsp3) is 0.0667. The number of carbonyl (C=O) groups excluding carboxylic acids is 2. The number of esters is 1. The molecule has 3 N–H and O–H groups in total. The molecule has 0 unspecified atom stereocenters. The van der Waals surface area contributed by atoms with Crippen molar-refractivity contribution >= 4 is 34.9 Å². The van der Waals surface area contributed by atoms with Gasteiger partial charge >= 0.3 is 5.97 Å². The summed E-state index contributed by atoms with van der Waals surface area (Å²) < 4.78 is 4.60. The molecule has 2 aromatic rings. The molecule has 5 nitrogen and oxygen atoms in total. The molecule has 0 aliphatic carbocycles. The molecule has 2 aromatic carbocycles. The minimum atomic E-state index is -0.436. The Morgan fingerprint density at radius 3 is 2.38 bits per heavy atom. The summed E-state index contributed by atoms with van der Waals surface area (Å²) in [7, 11) is 1.31. The van der Waals surface area contributed by atoms with Gasteiger partial charge in [-0.25, -0.2) is 4.79 Å². The van der Waals surface area contributed by atoms with Crippen LogP contribution in [-0.4, -0.2) is 19.0 Å². The first-order valence-corrected chi connectivity index (χ1v) is 6.44. The van der Waals surface area contributed by atoms with Gasteiger partial charge in [0.05, 0.1) is 23.3 Å². The second-order valence-electron chi connectivity index (χ2n) is 4.26. The van der Waals surface area contributed by atoms with E-state index in [1.165, 1.54) is 13.2 Å². The van der Waals surface area contributed by atoms with Crippen LogP contribution < -0.4 is 11.1 Å². The predicted molar refractivity (Wildman–Crippen MR) is 81.6 cm³/mol. The summed E-state index contributed by atoms with van der Waals surface area (Å²) in [5, 5.41) is 2.96. The minimum Gasteiger partial charge on any atom is -0.465 e. The van der Waals surface area contributed by atoms with Gasteiger partial charge in [0, 0.05) is 11.4 Å². The second kappa shape index (κ2) is 6.28. The van der Waals surface area contributed by atoms with E-state index < -0.39 is 5.97 Å². The van der Waals surface area contributed by atoms with Gasteiger partial charge in [-0.15, -0.1) is 0 Å². The van der Waals surface area contributed by atoms with Crippen molar-refractivity contribution in [3.63, 3.8) is 0 Å². The number of halogens is 1. The van der Waals surface area contributed by atoms with E-state index in [1.807, 2.05) is 0 Å². The maximum atomic E-state index is 12.1. The summed E-state index contributed by atoms with van der Waals surface area (Å²) in [6, 6.07) is 11.0. The smallest absolute Gasteiger partial charge is 0.337 e. The van der Waals surface area contributed by atoms with Gasteiger partial charge in [-0.05, 0) is 42.5 Å². The van der Waals surface area contributed by atoms with Gasteiger partial charge in [-0.1, -0.05) is 11.6 Å². The highest BCUT2D eigenvalue weighted by Crippen LogP contribution is 2.20. The predicted octanol–water partition coefficient (Wildman–Crippen LogP) is 2.96. The lowest BCUT2D eigenvalue weighted by atomic mass is 10.1. The number of nitrogens with two attached hydrogens (primary N) is 1. The lowest BCUT2D eigenvalue weighted by molar-refractivity contribution is 0.0600. The average Bonchev–Trinajstić information content (AvgIpc) is 2.47. The third kappa shape index (κ3) is 3.52. The quantitative estimate of drug-likeness (QED) is 0.674. The summed E-state index contributed by atoms with van der Waals surface area (Å²) in [5.41, 5.74) is 7.33. The van der Waals surface area contributed by atoms with Crippen LogP contribution >= 0.6 is 11.6 Å². The first-order valence-electron chi connectivity index (χ1n) is 6.06. The number of hydrogen-bond acceptors (Lipinski definition) is 4. The molecule has 108 valence electrons. The number of hydrogen-bond donors (Lipinski definition) is 2. The van der Waals surface area contributed by atoms with Crippen LogP contribution in [0.3, 0.4) is 0 Å². The summed E-state index contributed by atoms with van der Waals surface area (Å²) in [4.78, 5) is 23.4. The van der Waals surface area contributed by atoms with Crippen molar-refractivity contribution in [2.75, 3.05) is 18.2 Å². The van der Waals surface area contributed by atoms with Crippen molar-refractivity contribution in [2.45, 2.75) is 0 Å². The summed E-state index contributed by atoms with van der Waals surface area (Å²) in [5.74, 6) is -0.791. The van der Waals surface area contributed by atoms with E-state index in [1.54, 1.807) is 36.4 Å². The van der Waals surface area contributed by atoms with Crippen molar-refractivity contribution in [2.24, 2.45) is 0 Å². The van der Waals surface area contributed by atoms with E-state index in [0.717, 1.165) is 0 Å². The van der Waals surface area contributed by atoms with Crippen LogP contribution in [0.25, 0.3) is 0 Å². The zero-order valence-corrected chi connectivity index (χ0v) is 12.0. The molecule has 21 heavy (non-hydrogen) atoms. The maximum absolute atomic E-state index is 12.1. The summed E-state index contributed by atoms with van der Waals surface area (Å²) in [6.07, 6.45) is 0. The number of amides is 1. The van der Waals surface area contributed by atoms with Gasteiger partial charge in [0.15, 0.2) is 0 Å². The SMILES string of the molecule is COC(=O)c1ccc(NC(=O)c2ccc(N)cc2Cl)cc1. The molecule has 0 spiro atoms. The fourth-order valence-corrected chi connectivity index (χ4v) is 2.00. The highest BCUT2D eigenvalue weighted by molar-refractivity contribution is 6.34. The van der Waals surface area contributed by atoms with Crippen molar-refractivity contribution in [3.8, 4) is 0 Å². The fourth-order valence-electron chi connectivity index (χ4n) is 1.72. The lowest BCUT2D eigenvalue weighted by Crippen LogP contribution is -2.12. The number of nitrogen functional groups attached to an aromatic ring is 1. The van der Waals surface area contributed by atoms with Crippen LogP contribution in [0.1, 0.15) is 20.7 Å². The highest BCUT2D eigenvalue weighted by atomic mass is 35.5. The molecule has 1 amide bonds. The molecule has 0 aliphatic rings. The van der Waals surface area contributed by atoms with Crippen LogP contribution in [0.4, 0.5) is 11.4 Å².